The van der Waals surface area contributed by atoms with Crippen molar-refractivity contribution in [3.05, 3.63) is 57.0 Å². The highest BCUT2D eigenvalue weighted by Gasteiger charge is 2.07. The highest BCUT2D eigenvalue weighted by Crippen LogP contribution is 2.14. The van der Waals surface area contributed by atoms with E-state index in [0.717, 1.165) is 11.4 Å². The van der Waals surface area contributed by atoms with Gasteiger partial charge in [-0.15, -0.1) is 0 Å². The van der Waals surface area contributed by atoms with Gasteiger partial charge in [0.05, 0.1) is 12.3 Å². The van der Waals surface area contributed by atoms with E-state index in [4.69, 9.17) is 16.3 Å². The predicted molar refractivity (Wildman–Crippen MR) is 83.2 cm³/mol. The van der Waals surface area contributed by atoms with Gasteiger partial charge in [0.15, 0.2) is 0 Å². The van der Waals surface area contributed by atoms with Gasteiger partial charge in [0.25, 0.3) is 0 Å². The van der Waals surface area contributed by atoms with E-state index in [1.54, 1.807) is 23.9 Å². The summed E-state index contributed by atoms with van der Waals surface area (Å²) in [6.07, 6.45) is 0. The molecule has 21 heavy (non-hydrogen) atoms. The van der Waals surface area contributed by atoms with Crippen LogP contribution in [-0.2, 0) is 11.3 Å². The van der Waals surface area contributed by atoms with Crippen molar-refractivity contribution in [2.45, 2.75) is 13.5 Å². The maximum Gasteiger partial charge on any atom is 0.204 e. The molecular weight excluding hydrogens is 290 g/mol. The number of hydrogen-bond donors (Lipinski definition) is 1. The minimum absolute atomic E-state index is 0.0734. The molecule has 0 aliphatic carbocycles. The standard InChI is InChI=1S/C15H18ClN3O2/c1-11-8-15(20)14(10-17-6-7-21-2)18-19(11)13-5-3-4-12(16)9-13/h3-5,8-9,17H,6-7,10H2,1-2H3. The van der Waals surface area contributed by atoms with Gasteiger partial charge in [0.1, 0.15) is 5.69 Å². The lowest BCUT2D eigenvalue weighted by Gasteiger charge is -2.12. The van der Waals surface area contributed by atoms with Crippen molar-refractivity contribution in [2.75, 3.05) is 20.3 Å². The predicted octanol–water partition coefficient (Wildman–Crippen LogP) is 1.93. The molecule has 112 valence electrons. The molecular formula is C15H18ClN3O2. The SMILES string of the molecule is COCCNCc1nn(-c2cccc(Cl)c2)c(C)cc1=O. The molecule has 1 heterocycles. The first-order chi connectivity index (χ1) is 10.1. The number of rotatable bonds is 6. The number of ether oxygens (including phenoxy) is 1. The molecule has 0 spiro atoms. The fourth-order valence-electron chi connectivity index (χ4n) is 1.96. The van der Waals surface area contributed by atoms with Crippen LogP contribution < -0.4 is 10.7 Å². The number of methoxy groups -OCH3 is 1. The second kappa shape index (κ2) is 7.36. The highest BCUT2D eigenvalue weighted by molar-refractivity contribution is 6.30. The van der Waals surface area contributed by atoms with Crippen LogP contribution in [0.3, 0.4) is 0 Å². The largest absolute Gasteiger partial charge is 0.383 e. The summed E-state index contributed by atoms with van der Waals surface area (Å²) in [6.45, 7) is 3.51. The number of benzene rings is 1. The maximum absolute atomic E-state index is 12.0. The quantitative estimate of drug-likeness (QED) is 0.829. The van der Waals surface area contributed by atoms with Crippen LogP contribution in [0.5, 0.6) is 0 Å². The monoisotopic (exact) mass is 307 g/mol. The van der Waals surface area contributed by atoms with Crippen LogP contribution in [0, 0.1) is 6.92 Å². The molecule has 1 N–H and O–H groups in total. The topological polar surface area (TPSA) is 56.1 Å². The molecule has 5 nitrogen and oxygen atoms in total. The molecule has 0 saturated carbocycles. The van der Waals surface area contributed by atoms with Gasteiger partial charge in [-0.25, -0.2) is 4.68 Å². The summed E-state index contributed by atoms with van der Waals surface area (Å²) in [4.78, 5) is 12.0. The maximum atomic E-state index is 12.0. The lowest BCUT2D eigenvalue weighted by molar-refractivity contribution is 0.199. The third kappa shape index (κ3) is 4.14. The summed E-state index contributed by atoms with van der Waals surface area (Å²) < 4.78 is 6.68. The summed E-state index contributed by atoms with van der Waals surface area (Å²) in [5, 5.41) is 8.18. The summed E-state index contributed by atoms with van der Waals surface area (Å²) in [5.74, 6) is 0. The van der Waals surface area contributed by atoms with E-state index in [2.05, 4.69) is 10.4 Å². The summed E-state index contributed by atoms with van der Waals surface area (Å²) >= 11 is 6.01. The van der Waals surface area contributed by atoms with E-state index >= 15 is 0 Å². The molecule has 0 bridgehead atoms. The lowest BCUT2D eigenvalue weighted by atomic mass is 10.3. The fraction of sp³-hybridized carbons (Fsp3) is 0.333. The van der Waals surface area contributed by atoms with Crippen LogP contribution in [0.1, 0.15) is 11.4 Å². The van der Waals surface area contributed by atoms with Crippen LogP contribution in [0.15, 0.2) is 35.1 Å². The van der Waals surface area contributed by atoms with Gasteiger partial charge in [-0.1, -0.05) is 17.7 Å². The number of aromatic nitrogens is 2. The van der Waals surface area contributed by atoms with Crippen LogP contribution in [0.2, 0.25) is 5.02 Å². The highest BCUT2D eigenvalue weighted by atomic mass is 35.5. The summed E-state index contributed by atoms with van der Waals surface area (Å²) in [6, 6.07) is 8.96. The first-order valence-electron chi connectivity index (χ1n) is 6.67. The number of hydrogen-bond acceptors (Lipinski definition) is 4. The summed E-state index contributed by atoms with van der Waals surface area (Å²) in [7, 11) is 1.64. The Morgan fingerprint density at radius 2 is 2.19 bits per heavy atom. The smallest absolute Gasteiger partial charge is 0.204 e. The second-order valence-corrected chi connectivity index (χ2v) is 5.09. The lowest BCUT2D eigenvalue weighted by Crippen LogP contribution is -2.26. The Labute approximate surface area is 128 Å². The molecule has 0 radical (unpaired) electrons. The minimum Gasteiger partial charge on any atom is -0.383 e. The second-order valence-electron chi connectivity index (χ2n) is 4.66. The number of aryl methyl sites for hydroxylation is 1. The number of nitrogens with one attached hydrogen (secondary N) is 1. The molecule has 0 aliphatic heterocycles. The van der Waals surface area contributed by atoms with E-state index < -0.39 is 0 Å². The van der Waals surface area contributed by atoms with Gasteiger partial charge in [-0.3, -0.25) is 4.79 Å². The van der Waals surface area contributed by atoms with E-state index in [-0.39, 0.29) is 5.43 Å². The first-order valence-corrected chi connectivity index (χ1v) is 7.05. The third-order valence-corrected chi connectivity index (χ3v) is 3.24. The van der Waals surface area contributed by atoms with Crippen LogP contribution in [-0.4, -0.2) is 30.0 Å². The number of nitrogens with zero attached hydrogens (tertiary/aromatic N) is 2. The van der Waals surface area contributed by atoms with Crippen molar-refractivity contribution in [2.24, 2.45) is 0 Å². The Morgan fingerprint density at radius 1 is 1.38 bits per heavy atom. The van der Waals surface area contributed by atoms with Crippen LogP contribution in [0.4, 0.5) is 0 Å². The van der Waals surface area contributed by atoms with Gasteiger partial charge in [0, 0.05) is 37.0 Å². The van der Waals surface area contributed by atoms with Gasteiger partial charge >= 0.3 is 0 Å². The first kappa shape index (κ1) is 15.7. The van der Waals surface area contributed by atoms with Crippen molar-refractivity contribution in [1.29, 1.82) is 0 Å². The van der Waals surface area contributed by atoms with Crippen molar-refractivity contribution in [3.63, 3.8) is 0 Å². The van der Waals surface area contributed by atoms with Crippen molar-refractivity contribution in [1.82, 2.24) is 15.1 Å². The van der Waals surface area contributed by atoms with Gasteiger partial charge in [-0.2, -0.15) is 5.10 Å². The fourth-order valence-corrected chi connectivity index (χ4v) is 2.14. The Kier molecular flexibility index (Phi) is 5.50. The van der Waals surface area contributed by atoms with Crippen LogP contribution in [0.25, 0.3) is 5.69 Å². The molecule has 0 unspecified atom stereocenters. The van der Waals surface area contributed by atoms with E-state index in [1.165, 1.54) is 0 Å². The van der Waals surface area contributed by atoms with Gasteiger partial charge in [0.2, 0.25) is 5.43 Å². The molecule has 2 aromatic rings. The van der Waals surface area contributed by atoms with Crippen molar-refractivity contribution >= 4 is 11.6 Å². The van der Waals surface area contributed by atoms with Gasteiger partial charge in [-0.05, 0) is 25.1 Å². The molecule has 6 heteroatoms. The minimum atomic E-state index is -0.0734. The Balaban J connectivity index is 2.28. The zero-order valence-corrected chi connectivity index (χ0v) is 12.9. The van der Waals surface area contributed by atoms with E-state index in [9.17, 15) is 4.79 Å². The van der Waals surface area contributed by atoms with Crippen LogP contribution >= 0.6 is 11.6 Å². The van der Waals surface area contributed by atoms with E-state index in [0.29, 0.717) is 30.4 Å². The average Bonchev–Trinajstić information content (AvgIpc) is 2.45. The Bertz CT molecular complexity index is 670. The Morgan fingerprint density at radius 3 is 2.90 bits per heavy atom. The summed E-state index contributed by atoms with van der Waals surface area (Å²) in [5.41, 5.74) is 1.99. The van der Waals surface area contributed by atoms with Crippen molar-refractivity contribution in [3.8, 4) is 5.69 Å². The number of halogens is 1. The molecule has 0 fully saturated rings. The molecule has 1 aromatic carbocycles. The van der Waals surface area contributed by atoms with E-state index in [1.807, 2.05) is 25.1 Å². The Hall–Kier alpha value is -1.69. The normalized spacial score (nSPS) is 10.8. The molecule has 0 amide bonds. The molecule has 0 aliphatic rings. The molecule has 0 saturated heterocycles. The van der Waals surface area contributed by atoms with Gasteiger partial charge < -0.3 is 10.1 Å². The average molecular weight is 308 g/mol. The zero-order chi connectivity index (χ0) is 15.2. The molecule has 0 atom stereocenters. The molecule has 2 rings (SSSR count). The molecule has 1 aromatic heterocycles. The van der Waals surface area contributed by atoms with Crippen molar-refractivity contribution < 1.29 is 4.74 Å². The zero-order valence-electron chi connectivity index (χ0n) is 12.1. The third-order valence-electron chi connectivity index (χ3n) is 3.01.